The van der Waals surface area contributed by atoms with Crippen LogP contribution in [-0.4, -0.2) is 22.9 Å². The van der Waals surface area contributed by atoms with Gasteiger partial charge in [0.1, 0.15) is 0 Å². The van der Waals surface area contributed by atoms with Crippen molar-refractivity contribution >= 4 is 11.8 Å². The maximum absolute atomic E-state index is 10.8. The number of benzene rings is 1. The molecule has 0 N–H and O–H groups in total. The molecule has 0 aromatic heterocycles. The van der Waals surface area contributed by atoms with Crippen molar-refractivity contribution in [3.63, 3.8) is 0 Å². The summed E-state index contributed by atoms with van der Waals surface area (Å²) < 4.78 is 0. The van der Waals surface area contributed by atoms with E-state index in [9.17, 15) is 10.1 Å². The standard InChI is InChI=1S/C12H14N2O2/c15-14(16)12-6-2-1-5-11(12)7-10-13-8-3-4-9-13/h1-2,5-7,10H,3-4,8-9H2. The van der Waals surface area contributed by atoms with E-state index in [2.05, 4.69) is 4.90 Å². The number of likely N-dealkylation sites (tertiary alicyclic amines) is 1. The highest BCUT2D eigenvalue weighted by Gasteiger charge is 2.11. The average molecular weight is 218 g/mol. The zero-order valence-electron chi connectivity index (χ0n) is 9.00. The largest absolute Gasteiger partial charge is 0.377 e. The summed E-state index contributed by atoms with van der Waals surface area (Å²) >= 11 is 0. The fourth-order valence-electron chi connectivity index (χ4n) is 1.87. The molecule has 4 heteroatoms. The molecule has 0 spiro atoms. The van der Waals surface area contributed by atoms with Gasteiger partial charge in [0.25, 0.3) is 5.69 Å². The van der Waals surface area contributed by atoms with Crippen molar-refractivity contribution in [1.82, 2.24) is 4.90 Å². The molecule has 0 atom stereocenters. The number of rotatable bonds is 3. The third-order valence-electron chi connectivity index (χ3n) is 2.74. The molecule has 0 radical (unpaired) electrons. The van der Waals surface area contributed by atoms with Crippen LogP contribution in [0.5, 0.6) is 0 Å². The molecule has 2 rings (SSSR count). The third-order valence-corrected chi connectivity index (χ3v) is 2.74. The lowest BCUT2D eigenvalue weighted by atomic mass is 10.2. The van der Waals surface area contributed by atoms with Crippen LogP contribution < -0.4 is 0 Å². The van der Waals surface area contributed by atoms with Crippen LogP contribution >= 0.6 is 0 Å². The summed E-state index contributed by atoms with van der Waals surface area (Å²) in [5, 5.41) is 10.8. The van der Waals surface area contributed by atoms with Crippen molar-refractivity contribution < 1.29 is 4.92 Å². The van der Waals surface area contributed by atoms with E-state index in [1.807, 2.05) is 18.3 Å². The number of nitro groups is 1. The third kappa shape index (κ3) is 2.39. The van der Waals surface area contributed by atoms with Gasteiger partial charge in [0.2, 0.25) is 0 Å². The Morgan fingerprint density at radius 1 is 1.25 bits per heavy atom. The summed E-state index contributed by atoms with van der Waals surface area (Å²) in [4.78, 5) is 12.6. The molecule has 1 aromatic rings. The normalized spacial score (nSPS) is 15.9. The van der Waals surface area contributed by atoms with Crippen LogP contribution in [0.25, 0.3) is 6.08 Å². The summed E-state index contributed by atoms with van der Waals surface area (Å²) in [7, 11) is 0. The monoisotopic (exact) mass is 218 g/mol. The van der Waals surface area contributed by atoms with Crippen LogP contribution in [-0.2, 0) is 0 Å². The Labute approximate surface area is 94.3 Å². The molecule has 0 unspecified atom stereocenters. The van der Waals surface area contributed by atoms with Crippen molar-refractivity contribution in [3.05, 3.63) is 46.1 Å². The van der Waals surface area contributed by atoms with Crippen molar-refractivity contribution in [3.8, 4) is 0 Å². The number of nitro benzene ring substituents is 1. The lowest BCUT2D eigenvalue weighted by Gasteiger charge is -2.09. The zero-order chi connectivity index (χ0) is 11.4. The molecule has 1 aliphatic heterocycles. The predicted molar refractivity (Wildman–Crippen MR) is 62.9 cm³/mol. The van der Waals surface area contributed by atoms with Crippen LogP contribution in [0.3, 0.4) is 0 Å². The first kappa shape index (κ1) is 10.7. The number of nitrogens with zero attached hydrogens (tertiary/aromatic N) is 2. The summed E-state index contributed by atoms with van der Waals surface area (Å²) in [6.45, 7) is 2.11. The fraction of sp³-hybridized carbons (Fsp3) is 0.333. The van der Waals surface area contributed by atoms with Gasteiger partial charge in [0.05, 0.1) is 10.5 Å². The maximum atomic E-state index is 10.8. The quantitative estimate of drug-likeness (QED) is 0.578. The Balaban J connectivity index is 2.16. The lowest BCUT2D eigenvalue weighted by Crippen LogP contribution is -2.10. The second kappa shape index (κ2) is 4.79. The Hall–Kier alpha value is -1.84. The van der Waals surface area contributed by atoms with Gasteiger partial charge in [-0.1, -0.05) is 12.1 Å². The van der Waals surface area contributed by atoms with Gasteiger partial charge in [-0.05, 0) is 31.2 Å². The van der Waals surface area contributed by atoms with E-state index < -0.39 is 0 Å². The van der Waals surface area contributed by atoms with E-state index >= 15 is 0 Å². The predicted octanol–water partition coefficient (Wildman–Crippen LogP) is 2.66. The van der Waals surface area contributed by atoms with Crippen LogP contribution in [0.4, 0.5) is 5.69 Å². The molecule has 84 valence electrons. The van der Waals surface area contributed by atoms with E-state index in [1.165, 1.54) is 18.9 Å². The molecule has 0 aliphatic carbocycles. The minimum atomic E-state index is -0.344. The van der Waals surface area contributed by atoms with Gasteiger partial charge in [-0.2, -0.15) is 0 Å². The Kier molecular flexibility index (Phi) is 3.19. The fourth-order valence-corrected chi connectivity index (χ4v) is 1.87. The summed E-state index contributed by atoms with van der Waals surface area (Å²) in [6.07, 6.45) is 6.20. The van der Waals surface area contributed by atoms with Gasteiger partial charge < -0.3 is 4.90 Å². The molecule has 1 heterocycles. The first-order chi connectivity index (χ1) is 7.77. The Morgan fingerprint density at radius 2 is 1.94 bits per heavy atom. The molecule has 1 saturated heterocycles. The van der Waals surface area contributed by atoms with E-state index in [0.29, 0.717) is 5.56 Å². The molecule has 1 aromatic carbocycles. The molecular formula is C12H14N2O2. The Bertz CT molecular complexity index is 409. The second-order valence-electron chi connectivity index (χ2n) is 3.87. The number of para-hydroxylation sites is 1. The zero-order valence-corrected chi connectivity index (χ0v) is 9.00. The van der Waals surface area contributed by atoms with E-state index in [-0.39, 0.29) is 10.6 Å². The molecule has 0 amide bonds. The van der Waals surface area contributed by atoms with Crippen molar-refractivity contribution in [2.24, 2.45) is 0 Å². The van der Waals surface area contributed by atoms with E-state index in [4.69, 9.17) is 0 Å². The second-order valence-corrected chi connectivity index (χ2v) is 3.87. The van der Waals surface area contributed by atoms with Gasteiger partial charge in [-0.15, -0.1) is 0 Å². The van der Waals surface area contributed by atoms with Crippen LogP contribution in [0.15, 0.2) is 30.5 Å². The smallest absolute Gasteiger partial charge is 0.276 e. The molecule has 1 aliphatic rings. The van der Waals surface area contributed by atoms with Gasteiger partial charge in [-0.25, -0.2) is 0 Å². The maximum Gasteiger partial charge on any atom is 0.276 e. The highest BCUT2D eigenvalue weighted by atomic mass is 16.6. The van der Waals surface area contributed by atoms with Crippen LogP contribution in [0.2, 0.25) is 0 Å². The summed E-state index contributed by atoms with van der Waals surface area (Å²) in [5.74, 6) is 0. The van der Waals surface area contributed by atoms with E-state index in [0.717, 1.165) is 13.1 Å². The SMILES string of the molecule is O=[N+]([O-])c1ccccc1C=CN1CCCC1. The topological polar surface area (TPSA) is 46.4 Å². The minimum absolute atomic E-state index is 0.165. The highest BCUT2D eigenvalue weighted by Crippen LogP contribution is 2.19. The van der Waals surface area contributed by atoms with Crippen molar-refractivity contribution in [2.45, 2.75) is 12.8 Å². The molecular weight excluding hydrogens is 204 g/mol. The number of hydrogen-bond donors (Lipinski definition) is 0. The lowest BCUT2D eigenvalue weighted by molar-refractivity contribution is -0.385. The minimum Gasteiger partial charge on any atom is -0.377 e. The van der Waals surface area contributed by atoms with Crippen LogP contribution in [0, 0.1) is 10.1 Å². The van der Waals surface area contributed by atoms with E-state index in [1.54, 1.807) is 12.1 Å². The molecule has 1 fully saturated rings. The first-order valence-corrected chi connectivity index (χ1v) is 5.43. The summed E-state index contributed by atoms with van der Waals surface area (Å²) in [5.41, 5.74) is 0.831. The van der Waals surface area contributed by atoms with Gasteiger partial charge >= 0.3 is 0 Å². The molecule has 4 nitrogen and oxygen atoms in total. The van der Waals surface area contributed by atoms with Gasteiger partial charge in [-0.3, -0.25) is 10.1 Å². The number of hydrogen-bond acceptors (Lipinski definition) is 3. The molecule has 0 saturated carbocycles. The first-order valence-electron chi connectivity index (χ1n) is 5.43. The van der Waals surface area contributed by atoms with Gasteiger partial charge in [0.15, 0.2) is 0 Å². The molecule has 16 heavy (non-hydrogen) atoms. The van der Waals surface area contributed by atoms with Crippen molar-refractivity contribution in [1.29, 1.82) is 0 Å². The highest BCUT2D eigenvalue weighted by molar-refractivity contribution is 5.60. The van der Waals surface area contributed by atoms with Crippen LogP contribution in [0.1, 0.15) is 18.4 Å². The molecule has 0 bridgehead atoms. The summed E-state index contributed by atoms with van der Waals surface area (Å²) in [6, 6.07) is 6.80. The average Bonchev–Trinajstić information content (AvgIpc) is 2.79. The van der Waals surface area contributed by atoms with Crippen molar-refractivity contribution in [2.75, 3.05) is 13.1 Å². The van der Waals surface area contributed by atoms with Gasteiger partial charge in [0, 0.05) is 19.2 Å². The Morgan fingerprint density at radius 3 is 2.62 bits per heavy atom.